The Bertz CT molecular complexity index is 677. The van der Waals surface area contributed by atoms with Gasteiger partial charge in [0.15, 0.2) is 12.4 Å². The van der Waals surface area contributed by atoms with Gasteiger partial charge in [-0.2, -0.15) is 5.26 Å². The highest BCUT2D eigenvalue weighted by molar-refractivity contribution is 6.37. The Kier molecular flexibility index (Phi) is 7.53. The topological polar surface area (TPSA) is 88.4 Å². The molecule has 25 heavy (non-hydrogen) atoms. The van der Waals surface area contributed by atoms with E-state index in [1.165, 1.54) is 12.1 Å². The molecule has 0 aliphatic heterocycles. The van der Waals surface area contributed by atoms with Crippen LogP contribution in [0.4, 0.5) is 0 Å². The summed E-state index contributed by atoms with van der Waals surface area (Å²) in [5.74, 6) is -1.05. The van der Waals surface area contributed by atoms with Crippen LogP contribution >= 0.6 is 23.2 Å². The zero-order valence-corrected chi connectivity index (χ0v) is 16.0. The zero-order chi connectivity index (χ0) is 19.2. The maximum absolute atomic E-state index is 12.0. The average Bonchev–Trinajstić information content (AvgIpc) is 2.53. The Labute approximate surface area is 157 Å². The highest BCUT2D eigenvalue weighted by Gasteiger charge is 2.30. The minimum Gasteiger partial charge on any atom is -0.481 e. The lowest BCUT2D eigenvalue weighted by Gasteiger charge is -2.27. The van der Waals surface area contributed by atoms with Gasteiger partial charge in [0.2, 0.25) is 0 Å². The van der Waals surface area contributed by atoms with Crippen LogP contribution in [0.15, 0.2) is 12.1 Å². The van der Waals surface area contributed by atoms with E-state index in [0.29, 0.717) is 0 Å². The van der Waals surface area contributed by atoms with Gasteiger partial charge in [-0.05, 0) is 31.9 Å². The van der Waals surface area contributed by atoms with E-state index < -0.39 is 17.4 Å². The fraction of sp³-hybridized carbons (Fsp3) is 0.471. The Morgan fingerprint density at radius 1 is 1.32 bits per heavy atom. The van der Waals surface area contributed by atoms with E-state index in [0.717, 1.165) is 0 Å². The van der Waals surface area contributed by atoms with Crippen molar-refractivity contribution in [1.29, 1.82) is 5.26 Å². The quantitative estimate of drug-likeness (QED) is 0.723. The molecular formula is C17H20Cl2N2O4. The summed E-state index contributed by atoms with van der Waals surface area (Å²) in [4.78, 5) is 23.7. The van der Waals surface area contributed by atoms with Crippen molar-refractivity contribution in [2.75, 3.05) is 13.2 Å². The number of hydrogen-bond acceptors (Lipinski definition) is 5. The summed E-state index contributed by atoms with van der Waals surface area (Å²) in [6.45, 7) is 6.81. The van der Waals surface area contributed by atoms with Gasteiger partial charge in [-0.15, -0.1) is 0 Å². The van der Waals surface area contributed by atoms with Gasteiger partial charge in [0.05, 0.1) is 28.3 Å². The molecule has 0 aliphatic rings. The number of nitrogens with one attached hydrogen (secondary N) is 1. The Hall–Kier alpha value is -1.97. The van der Waals surface area contributed by atoms with Gasteiger partial charge in [0, 0.05) is 0 Å². The summed E-state index contributed by atoms with van der Waals surface area (Å²) < 4.78 is 10.2. The first-order chi connectivity index (χ1) is 11.6. The van der Waals surface area contributed by atoms with Crippen LogP contribution in [-0.2, 0) is 9.53 Å². The number of carbonyl (C=O) groups is 2. The number of hydrogen-bond donors (Lipinski definition) is 1. The van der Waals surface area contributed by atoms with Gasteiger partial charge in [-0.1, -0.05) is 37.0 Å². The first kappa shape index (κ1) is 21.1. The maximum atomic E-state index is 12.0. The monoisotopic (exact) mass is 386 g/mol. The molecule has 1 atom stereocenters. The van der Waals surface area contributed by atoms with Crippen LogP contribution in [0.5, 0.6) is 5.75 Å². The third-order valence-corrected chi connectivity index (χ3v) is 4.20. The molecule has 1 aromatic rings. The fourth-order valence-corrected chi connectivity index (χ4v) is 2.39. The van der Waals surface area contributed by atoms with Crippen molar-refractivity contribution < 1.29 is 19.1 Å². The second kappa shape index (κ2) is 8.93. The maximum Gasteiger partial charge on any atom is 0.338 e. The van der Waals surface area contributed by atoms with Crippen LogP contribution in [0.1, 0.15) is 38.1 Å². The van der Waals surface area contributed by atoms with Crippen molar-refractivity contribution in [3.63, 3.8) is 0 Å². The number of halogens is 2. The molecule has 0 fully saturated rings. The molecule has 8 heteroatoms. The van der Waals surface area contributed by atoms with Crippen molar-refractivity contribution in [3.05, 3.63) is 27.7 Å². The van der Waals surface area contributed by atoms with Crippen molar-refractivity contribution in [2.24, 2.45) is 5.92 Å². The van der Waals surface area contributed by atoms with Gasteiger partial charge in [-0.3, -0.25) is 4.79 Å². The summed E-state index contributed by atoms with van der Waals surface area (Å²) in [7, 11) is 0. The summed E-state index contributed by atoms with van der Waals surface area (Å²) in [5, 5.41) is 12.0. The van der Waals surface area contributed by atoms with Crippen LogP contribution < -0.4 is 10.1 Å². The number of nitrogens with zero attached hydrogens (tertiary/aromatic N) is 1. The van der Waals surface area contributed by atoms with Crippen LogP contribution in [-0.4, -0.2) is 30.6 Å². The smallest absolute Gasteiger partial charge is 0.338 e. The number of benzene rings is 1. The number of esters is 1. The fourth-order valence-electron chi connectivity index (χ4n) is 1.79. The molecule has 1 unspecified atom stereocenters. The minimum absolute atomic E-state index is 0.0785. The molecule has 0 spiro atoms. The summed E-state index contributed by atoms with van der Waals surface area (Å²) in [5.41, 5.74) is -0.826. The van der Waals surface area contributed by atoms with E-state index in [-0.39, 0.29) is 40.5 Å². The van der Waals surface area contributed by atoms with Gasteiger partial charge >= 0.3 is 5.97 Å². The van der Waals surface area contributed by atoms with Crippen molar-refractivity contribution >= 4 is 35.1 Å². The molecule has 0 saturated heterocycles. The summed E-state index contributed by atoms with van der Waals surface area (Å²) in [6.07, 6.45) is 0. The molecular weight excluding hydrogens is 367 g/mol. The lowest BCUT2D eigenvalue weighted by Crippen LogP contribution is -2.50. The summed E-state index contributed by atoms with van der Waals surface area (Å²) >= 11 is 12.1. The highest BCUT2D eigenvalue weighted by atomic mass is 35.5. The largest absolute Gasteiger partial charge is 0.481 e. The number of amides is 1. The molecule has 1 rings (SSSR count). The molecule has 0 saturated carbocycles. The zero-order valence-electron chi connectivity index (χ0n) is 14.5. The second-order valence-corrected chi connectivity index (χ2v) is 6.61. The molecule has 1 aromatic carbocycles. The van der Waals surface area contributed by atoms with Gasteiger partial charge in [0.25, 0.3) is 5.91 Å². The molecule has 0 radical (unpaired) electrons. The lowest BCUT2D eigenvalue weighted by atomic mass is 9.90. The van der Waals surface area contributed by atoms with Crippen LogP contribution in [0, 0.1) is 17.2 Å². The first-order valence-electron chi connectivity index (χ1n) is 7.65. The van der Waals surface area contributed by atoms with Crippen molar-refractivity contribution in [1.82, 2.24) is 5.32 Å². The summed E-state index contributed by atoms with van der Waals surface area (Å²) in [6, 6.07) is 4.78. The van der Waals surface area contributed by atoms with Crippen LogP contribution in [0.25, 0.3) is 0 Å². The predicted octanol–water partition coefficient (Wildman–Crippen LogP) is 3.60. The molecule has 6 nitrogen and oxygen atoms in total. The van der Waals surface area contributed by atoms with Gasteiger partial charge < -0.3 is 14.8 Å². The van der Waals surface area contributed by atoms with Gasteiger partial charge in [-0.25, -0.2) is 4.79 Å². The van der Waals surface area contributed by atoms with E-state index >= 15 is 0 Å². The SMILES string of the molecule is CCOC(=O)c1cc(Cl)c(OCC(=O)NC(C)(C#N)C(C)C)c(Cl)c1. The number of carbonyl (C=O) groups excluding carboxylic acids is 2. The van der Waals surface area contributed by atoms with Crippen LogP contribution in [0.2, 0.25) is 10.0 Å². The average molecular weight is 387 g/mol. The molecule has 0 aromatic heterocycles. The first-order valence-corrected chi connectivity index (χ1v) is 8.41. The molecule has 1 amide bonds. The number of ether oxygens (including phenoxy) is 2. The van der Waals surface area contributed by atoms with Crippen molar-refractivity contribution in [2.45, 2.75) is 33.2 Å². The minimum atomic E-state index is -1.01. The van der Waals surface area contributed by atoms with Crippen LogP contribution in [0.3, 0.4) is 0 Å². The van der Waals surface area contributed by atoms with Crippen molar-refractivity contribution in [3.8, 4) is 11.8 Å². The van der Waals surface area contributed by atoms with E-state index in [1.54, 1.807) is 13.8 Å². The Morgan fingerprint density at radius 3 is 2.32 bits per heavy atom. The second-order valence-electron chi connectivity index (χ2n) is 5.80. The lowest BCUT2D eigenvalue weighted by molar-refractivity contribution is -0.124. The number of nitriles is 1. The predicted molar refractivity (Wildman–Crippen MR) is 94.9 cm³/mol. The Morgan fingerprint density at radius 2 is 1.88 bits per heavy atom. The molecule has 1 N–H and O–H groups in total. The molecule has 0 heterocycles. The third kappa shape index (κ3) is 5.52. The van der Waals surface area contributed by atoms with E-state index in [9.17, 15) is 14.9 Å². The van der Waals surface area contributed by atoms with E-state index in [4.69, 9.17) is 32.7 Å². The normalized spacial score (nSPS) is 12.9. The highest BCUT2D eigenvalue weighted by Crippen LogP contribution is 2.34. The Balaban J connectivity index is 2.83. The third-order valence-electron chi connectivity index (χ3n) is 3.64. The standard InChI is InChI=1S/C17H20Cl2N2O4/c1-5-24-16(23)11-6-12(18)15(13(19)7-11)25-8-14(22)21-17(4,9-20)10(2)3/h6-7,10H,5,8H2,1-4H3,(H,21,22). The van der Waals surface area contributed by atoms with E-state index in [2.05, 4.69) is 11.4 Å². The van der Waals surface area contributed by atoms with Gasteiger partial charge in [0.1, 0.15) is 5.54 Å². The number of rotatable bonds is 7. The molecule has 0 bridgehead atoms. The van der Waals surface area contributed by atoms with E-state index in [1.807, 2.05) is 13.8 Å². The molecule has 136 valence electrons. The molecule has 0 aliphatic carbocycles.